The van der Waals surface area contributed by atoms with Crippen LogP contribution in [0.5, 0.6) is 5.75 Å². The van der Waals surface area contributed by atoms with E-state index < -0.39 is 0 Å². The molecule has 0 N–H and O–H groups in total. The maximum atomic E-state index is 5.80. The van der Waals surface area contributed by atoms with Gasteiger partial charge in [0.1, 0.15) is 5.75 Å². The lowest BCUT2D eigenvalue weighted by atomic mass is 10.0. The molecule has 0 bridgehead atoms. The largest absolute Gasteiger partial charge is 0.494 e. The maximum Gasteiger partial charge on any atom is 0.119 e. The van der Waals surface area contributed by atoms with Crippen LogP contribution in [0.1, 0.15) is 141 Å². The third-order valence-corrected chi connectivity index (χ3v) is 6.29. The zero-order valence-corrected chi connectivity index (χ0v) is 20.6. The molecule has 1 nitrogen and oxygen atoms in total. The number of unbranched alkanes of at least 4 members (excludes halogenated alkanes) is 19. The predicted molar refractivity (Wildman–Crippen MR) is 135 cm³/mol. The summed E-state index contributed by atoms with van der Waals surface area (Å²) in [7, 11) is 0. The highest BCUT2D eigenvalue weighted by Crippen LogP contribution is 2.15. The van der Waals surface area contributed by atoms with Crippen molar-refractivity contribution in [2.75, 3.05) is 6.61 Å². The summed E-state index contributed by atoms with van der Waals surface area (Å²) in [6.45, 7) is 5.28. The van der Waals surface area contributed by atoms with Crippen molar-refractivity contribution in [1.82, 2.24) is 0 Å². The second kappa shape index (κ2) is 21.3. The van der Waals surface area contributed by atoms with Gasteiger partial charge in [0, 0.05) is 0 Å². The van der Waals surface area contributed by atoms with Crippen molar-refractivity contribution in [3.8, 4) is 5.75 Å². The summed E-state index contributed by atoms with van der Waals surface area (Å²) in [5.41, 5.74) is 1.29. The molecule has 1 aromatic rings. The first-order chi connectivity index (χ1) is 14.8. The molecule has 1 aromatic carbocycles. The van der Waals surface area contributed by atoms with Crippen molar-refractivity contribution in [2.24, 2.45) is 0 Å². The van der Waals surface area contributed by atoms with E-state index in [-0.39, 0.29) is 0 Å². The Kier molecular flexibility index (Phi) is 19.2. The van der Waals surface area contributed by atoms with Gasteiger partial charge in [-0.15, -0.1) is 0 Å². The second-order valence-corrected chi connectivity index (χ2v) is 9.38. The molecule has 0 atom stereocenters. The van der Waals surface area contributed by atoms with Crippen LogP contribution >= 0.6 is 0 Å². The summed E-state index contributed by atoms with van der Waals surface area (Å²) in [6.07, 6.45) is 28.6. The fourth-order valence-electron chi connectivity index (χ4n) is 4.18. The quantitative estimate of drug-likeness (QED) is 0.171. The standard InChI is InChI=1S/C29H52O/c1-3-4-5-6-7-8-9-10-11-12-13-14-15-16-17-18-19-20-21-22-27-30-29-25-23-28(2)24-26-29/h23-26H,3-22,27H2,1-2H3. The Bertz CT molecular complexity index is 450. The molecular formula is C29H52O. The van der Waals surface area contributed by atoms with Crippen molar-refractivity contribution in [3.63, 3.8) is 0 Å². The Morgan fingerprint density at radius 1 is 0.467 bits per heavy atom. The van der Waals surface area contributed by atoms with Gasteiger partial charge in [-0.3, -0.25) is 0 Å². The average molecular weight is 417 g/mol. The number of hydrogen-bond acceptors (Lipinski definition) is 1. The Labute approximate surface area is 189 Å². The fraction of sp³-hybridized carbons (Fsp3) is 0.793. The maximum absolute atomic E-state index is 5.80. The highest BCUT2D eigenvalue weighted by Gasteiger charge is 1.96. The lowest BCUT2D eigenvalue weighted by molar-refractivity contribution is 0.304. The molecule has 0 heterocycles. The summed E-state index contributed by atoms with van der Waals surface area (Å²) in [5, 5.41) is 0. The molecule has 0 fully saturated rings. The minimum atomic E-state index is 0.863. The van der Waals surface area contributed by atoms with E-state index in [9.17, 15) is 0 Å². The summed E-state index contributed by atoms with van der Waals surface area (Å²) in [5.74, 6) is 1.01. The molecule has 0 aromatic heterocycles. The van der Waals surface area contributed by atoms with E-state index in [0.717, 1.165) is 12.4 Å². The number of hydrogen-bond donors (Lipinski definition) is 0. The molecule has 0 amide bonds. The van der Waals surface area contributed by atoms with Gasteiger partial charge in [0.2, 0.25) is 0 Å². The van der Waals surface area contributed by atoms with E-state index in [4.69, 9.17) is 4.74 Å². The zero-order valence-electron chi connectivity index (χ0n) is 20.6. The Balaban J connectivity index is 1.68. The lowest BCUT2D eigenvalue weighted by Gasteiger charge is -2.06. The molecule has 0 saturated carbocycles. The first-order valence-corrected chi connectivity index (χ1v) is 13.5. The molecular weight excluding hydrogens is 364 g/mol. The van der Waals surface area contributed by atoms with Crippen LogP contribution in [0.3, 0.4) is 0 Å². The van der Waals surface area contributed by atoms with Gasteiger partial charge in [-0.1, -0.05) is 147 Å². The first-order valence-electron chi connectivity index (χ1n) is 13.5. The van der Waals surface area contributed by atoms with Crippen LogP contribution in [0.4, 0.5) is 0 Å². The van der Waals surface area contributed by atoms with E-state index in [2.05, 4.69) is 38.1 Å². The molecule has 0 aliphatic carbocycles. The third-order valence-electron chi connectivity index (χ3n) is 6.29. The zero-order chi connectivity index (χ0) is 21.5. The van der Waals surface area contributed by atoms with Gasteiger partial charge in [0.15, 0.2) is 0 Å². The summed E-state index contributed by atoms with van der Waals surface area (Å²) >= 11 is 0. The summed E-state index contributed by atoms with van der Waals surface area (Å²) in [4.78, 5) is 0. The topological polar surface area (TPSA) is 9.23 Å². The second-order valence-electron chi connectivity index (χ2n) is 9.38. The predicted octanol–water partition coefficient (Wildman–Crippen LogP) is 10.2. The van der Waals surface area contributed by atoms with Crippen LogP contribution in [0, 0.1) is 6.92 Å². The molecule has 0 spiro atoms. The average Bonchev–Trinajstić information content (AvgIpc) is 2.76. The number of ether oxygens (including phenoxy) is 1. The van der Waals surface area contributed by atoms with Gasteiger partial charge in [0.05, 0.1) is 6.61 Å². The highest BCUT2D eigenvalue weighted by molar-refractivity contribution is 5.26. The van der Waals surface area contributed by atoms with Gasteiger partial charge in [-0.25, -0.2) is 0 Å². The molecule has 0 aliphatic rings. The molecule has 0 radical (unpaired) electrons. The summed E-state index contributed by atoms with van der Waals surface area (Å²) in [6, 6.07) is 8.39. The Morgan fingerprint density at radius 3 is 1.17 bits per heavy atom. The van der Waals surface area contributed by atoms with E-state index >= 15 is 0 Å². The molecule has 0 aliphatic heterocycles. The van der Waals surface area contributed by atoms with Gasteiger partial charge in [0.25, 0.3) is 0 Å². The molecule has 1 rings (SSSR count). The van der Waals surface area contributed by atoms with E-state index in [1.54, 1.807) is 0 Å². The van der Waals surface area contributed by atoms with E-state index in [1.807, 2.05) is 0 Å². The fourth-order valence-corrected chi connectivity index (χ4v) is 4.18. The monoisotopic (exact) mass is 416 g/mol. The minimum Gasteiger partial charge on any atom is -0.494 e. The Morgan fingerprint density at radius 2 is 0.800 bits per heavy atom. The molecule has 30 heavy (non-hydrogen) atoms. The van der Waals surface area contributed by atoms with Gasteiger partial charge < -0.3 is 4.74 Å². The van der Waals surface area contributed by atoms with Crippen molar-refractivity contribution in [1.29, 1.82) is 0 Å². The van der Waals surface area contributed by atoms with Crippen LogP contribution in [-0.2, 0) is 0 Å². The van der Waals surface area contributed by atoms with Crippen LogP contribution in [-0.4, -0.2) is 6.61 Å². The van der Waals surface area contributed by atoms with Gasteiger partial charge >= 0.3 is 0 Å². The molecule has 1 heteroatoms. The van der Waals surface area contributed by atoms with Crippen LogP contribution in [0.25, 0.3) is 0 Å². The van der Waals surface area contributed by atoms with Gasteiger partial charge in [-0.05, 0) is 25.5 Å². The van der Waals surface area contributed by atoms with Crippen LogP contribution in [0.15, 0.2) is 24.3 Å². The summed E-state index contributed by atoms with van der Waals surface area (Å²) < 4.78 is 5.80. The van der Waals surface area contributed by atoms with Crippen molar-refractivity contribution in [3.05, 3.63) is 29.8 Å². The lowest BCUT2D eigenvalue weighted by Crippen LogP contribution is -1.97. The van der Waals surface area contributed by atoms with Crippen LogP contribution < -0.4 is 4.74 Å². The third kappa shape index (κ3) is 17.8. The number of rotatable bonds is 22. The number of aryl methyl sites for hydroxylation is 1. The molecule has 0 unspecified atom stereocenters. The van der Waals surface area contributed by atoms with E-state index in [0.29, 0.717) is 0 Å². The van der Waals surface area contributed by atoms with Crippen molar-refractivity contribution < 1.29 is 4.74 Å². The van der Waals surface area contributed by atoms with Crippen LogP contribution in [0.2, 0.25) is 0 Å². The SMILES string of the molecule is CCCCCCCCCCCCCCCCCCCCCCOc1ccc(C)cc1. The van der Waals surface area contributed by atoms with Crippen molar-refractivity contribution >= 4 is 0 Å². The minimum absolute atomic E-state index is 0.863. The van der Waals surface area contributed by atoms with E-state index in [1.165, 1.54) is 134 Å². The van der Waals surface area contributed by atoms with Crippen molar-refractivity contribution in [2.45, 2.75) is 142 Å². The molecule has 0 saturated heterocycles. The molecule has 174 valence electrons. The number of benzene rings is 1. The normalized spacial score (nSPS) is 11.1. The van der Waals surface area contributed by atoms with Gasteiger partial charge in [-0.2, -0.15) is 0 Å². The first kappa shape index (κ1) is 27.1. The Hall–Kier alpha value is -0.980. The smallest absolute Gasteiger partial charge is 0.119 e. The highest BCUT2D eigenvalue weighted by atomic mass is 16.5.